The molecule has 0 fully saturated rings. The third-order valence-electron chi connectivity index (χ3n) is 2.04. The Labute approximate surface area is 91.9 Å². The first kappa shape index (κ1) is 9.41. The van der Waals surface area contributed by atoms with E-state index in [1.807, 2.05) is 42.6 Å². The molecular formula is C12H10BrN. The van der Waals surface area contributed by atoms with E-state index in [-0.39, 0.29) is 4.83 Å². The quantitative estimate of drug-likeness (QED) is 0.740. The molecule has 0 bridgehead atoms. The minimum atomic E-state index is 0.185. The fourth-order valence-electron chi connectivity index (χ4n) is 1.32. The number of nitrogens with zero attached hydrogens (tertiary/aromatic N) is 1. The lowest BCUT2D eigenvalue weighted by Gasteiger charge is -2.08. The van der Waals surface area contributed by atoms with Crippen LogP contribution in [0.4, 0.5) is 0 Å². The van der Waals surface area contributed by atoms with Gasteiger partial charge in [0.25, 0.3) is 0 Å². The van der Waals surface area contributed by atoms with Crippen molar-refractivity contribution < 1.29 is 0 Å². The molecule has 0 amide bonds. The van der Waals surface area contributed by atoms with Gasteiger partial charge in [0.2, 0.25) is 0 Å². The predicted molar refractivity (Wildman–Crippen MR) is 61.4 cm³/mol. The zero-order valence-electron chi connectivity index (χ0n) is 7.60. The number of benzene rings is 1. The molecule has 1 atom stereocenters. The van der Waals surface area contributed by atoms with Crippen molar-refractivity contribution in [2.75, 3.05) is 0 Å². The molecule has 0 aliphatic rings. The summed E-state index contributed by atoms with van der Waals surface area (Å²) >= 11 is 3.63. The van der Waals surface area contributed by atoms with Crippen LogP contribution in [-0.2, 0) is 0 Å². The highest BCUT2D eigenvalue weighted by atomic mass is 79.9. The van der Waals surface area contributed by atoms with Crippen molar-refractivity contribution in [2.45, 2.75) is 4.83 Å². The lowest BCUT2D eigenvalue weighted by Crippen LogP contribution is -1.94. The molecular weight excluding hydrogens is 238 g/mol. The van der Waals surface area contributed by atoms with Crippen LogP contribution in [0.1, 0.15) is 16.1 Å². The monoisotopic (exact) mass is 247 g/mol. The van der Waals surface area contributed by atoms with E-state index in [0.717, 1.165) is 5.69 Å². The number of rotatable bonds is 2. The fourth-order valence-corrected chi connectivity index (χ4v) is 1.89. The van der Waals surface area contributed by atoms with E-state index in [9.17, 15) is 0 Å². The van der Waals surface area contributed by atoms with Crippen molar-refractivity contribution in [1.82, 2.24) is 4.98 Å². The lowest BCUT2D eigenvalue weighted by molar-refractivity contribution is 1.06. The Bertz CT molecular complexity index is 346. The smallest absolute Gasteiger partial charge is 0.0816 e. The molecule has 1 aromatic carbocycles. The molecule has 0 radical (unpaired) electrons. The van der Waals surface area contributed by atoms with E-state index in [1.165, 1.54) is 5.56 Å². The number of hydrogen-bond acceptors (Lipinski definition) is 1. The lowest BCUT2D eigenvalue weighted by atomic mass is 10.1. The van der Waals surface area contributed by atoms with Gasteiger partial charge in [-0.15, -0.1) is 0 Å². The summed E-state index contributed by atoms with van der Waals surface area (Å²) in [6.07, 6.45) is 1.81. The van der Waals surface area contributed by atoms with Crippen LogP contribution in [0.25, 0.3) is 0 Å². The maximum Gasteiger partial charge on any atom is 0.0816 e. The Hall–Kier alpha value is -1.15. The summed E-state index contributed by atoms with van der Waals surface area (Å²) in [7, 11) is 0. The summed E-state index contributed by atoms with van der Waals surface area (Å²) in [5, 5.41) is 0. The van der Waals surface area contributed by atoms with Gasteiger partial charge in [-0.1, -0.05) is 52.3 Å². The van der Waals surface area contributed by atoms with Gasteiger partial charge in [0.05, 0.1) is 10.5 Å². The van der Waals surface area contributed by atoms with Crippen LogP contribution >= 0.6 is 15.9 Å². The van der Waals surface area contributed by atoms with E-state index in [1.54, 1.807) is 0 Å². The average molecular weight is 248 g/mol. The predicted octanol–water partition coefficient (Wildman–Crippen LogP) is 3.57. The fraction of sp³-hybridized carbons (Fsp3) is 0.0833. The summed E-state index contributed by atoms with van der Waals surface area (Å²) in [6, 6.07) is 16.2. The van der Waals surface area contributed by atoms with Gasteiger partial charge in [0, 0.05) is 6.20 Å². The van der Waals surface area contributed by atoms with E-state index >= 15 is 0 Å². The van der Waals surface area contributed by atoms with Crippen molar-refractivity contribution in [1.29, 1.82) is 0 Å². The molecule has 0 aliphatic heterocycles. The third kappa shape index (κ3) is 2.02. The summed E-state index contributed by atoms with van der Waals surface area (Å²) in [4.78, 5) is 4.49. The Morgan fingerprint density at radius 2 is 1.64 bits per heavy atom. The minimum Gasteiger partial charge on any atom is -0.260 e. The summed E-state index contributed by atoms with van der Waals surface area (Å²) < 4.78 is 0. The average Bonchev–Trinajstić information content (AvgIpc) is 2.30. The van der Waals surface area contributed by atoms with Gasteiger partial charge in [0.15, 0.2) is 0 Å². The van der Waals surface area contributed by atoms with Gasteiger partial charge < -0.3 is 0 Å². The molecule has 2 rings (SSSR count). The SMILES string of the molecule is BrC(c1ccccc1)c1ccccn1. The maximum absolute atomic E-state index is 4.31. The molecule has 0 spiro atoms. The topological polar surface area (TPSA) is 12.9 Å². The normalized spacial score (nSPS) is 12.4. The van der Waals surface area contributed by atoms with Gasteiger partial charge in [-0.3, -0.25) is 4.98 Å². The largest absolute Gasteiger partial charge is 0.260 e. The van der Waals surface area contributed by atoms with Gasteiger partial charge >= 0.3 is 0 Å². The van der Waals surface area contributed by atoms with Crippen molar-refractivity contribution in [3.8, 4) is 0 Å². The van der Waals surface area contributed by atoms with Gasteiger partial charge in [-0.05, 0) is 17.7 Å². The number of alkyl halides is 1. The molecule has 1 nitrogen and oxygen atoms in total. The van der Waals surface area contributed by atoms with Crippen molar-refractivity contribution >= 4 is 15.9 Å². The second-order valence-electron chi connectivity index (χ2n) is 3.03. The first-order valence-corrected chi connectivity index (χ1v) is 5.39. The third-order valence-corrected chi connectivity index (χ3v) is 3.04. The molecule has 0 N–H and O–H groups in total. The molecule has 1 unspecified atom stereocenters. The van der Waals surface area contributed by atoms with E-state index in [4.69, 9.17) is 0 Å². The van der Waals surface area contributed by atoms with Crippen LogP contribution in [0.15, 0.2) is 54.7 Å². The van der Waals surface area contributed by atoms with Gasteiger partial charge in [0.1, 0.15) is 0 Å². The van der Waals surface area contributed by atoms with Crippen LogP contribution in [0.3, 0.4) is 0 Å². The summed E-state index contributed by atoms with van der Waals surface area (Å²) in [5.74, 6) is 0. The summed E-state index contributed by atoms with van der Waals surface area (Å²) in [5.41, 5.74) is 2.27. The zero-order chi connectivity index (χ0) is 9.80. The molecule has 70 valence electrons. The van der Waals surface area contributed by atoms with Crippen LogP contribution in [0.2, 0.25) is 0 Å². The standard InChI is InChI=1S/C12H10BrN/c13-12(10-6-2-1-3-7-10)11-8-4-5-9-14-11/h1-9,12H. The second kappa shape index (κ2) is 4.38. The molecule has 14 heavy (non-hydrogen) atoms. The van der Waals surface area contributed by atoms with Gasteiger partial charge in [-0.25, -0.2) is 0 Å². The zero-order valence-corrected chi connectivity index (χ0v) is 9.18. The minimum absolute atomic E-state index is 0.185. The first-order valence-electron chi connectivity index (χ1n) is 4.48. The molecule has 0 aliphatic carbocycles. The summed E-state index contributed by atoms with van der Waals surface area (Å²) in [6.45, 7) is 0. The first-order chi connectivity index (χ1) is 6.88. The van der Waals surface area contributed by atoms with Crippen molar-refractivity contribution in [3.05, 3.63) is 66.0 Å². The van der Waals surface area contributed by atoms with Crippen LogP contribution in [-0.4, -0.2) is 4.98 Å². The number of pyridine rings is 1. The highest BCUT2D eigenvalue weighted by molar-refractivity contribution is 9.09. The highest BCUT2D eigenvalue weighted by Gasteiger charge is 2.09. The second-order valence-corrected chi connectivity index (χ2v) is 3.94. The molecule has 2 aromatic rings. The van der Waals surface area contributed by atoms with Crippen molar-refractivity contribution in [2.24, 2.45) is 0 Å². The molecule has 2 heteroatoms. The Kier molecular flexibility index (Phi) is 2.94. The van der Waals surface area contributed by atoms with Crippen LogP contribution in [0, 0.1) is 0 Å². The number of hydrogen-bond donors (Lipinski definition) is 0. The molecule has 0 saturated carbocycles. The molecule has 1 aromatic heterocycles. The number of halogens is 1. The van der Waals surface area contributed by atoms with E-state index < -0.39 is 0 Å². The van der Waals surface area contributed by atoms with Gasteiger partial charge in [-0.2, -0.15) is 0 Å². The molecule has 1 heterocycles. The Morgan fingerprint density at radius 1 is 0.929 bits per heavy atom. The molecule has 0 saturated heterocycles. The number of aromatic nitrogens is 1. The van der Waals surface area contributed by atoms with Crippen LogP contribution in [0.5, 0.6) is 0 Å². The van der Waals surface area contributed by atoms with E-state index in [2.05, 4.69) is 33.0 Å². The van der Waals surface area contributed by atoms with E-state index in [0.29, 0.717) is 0 Å². The van der Waals surface area contributed by atoms with Crippen LogP contribution < -0.4 is 0 Å². The highest BCUT2D eigenvalue weighted by Crippen LogP contribution is 2.28. The maximum atomic E-state index is 4.31. The Morgan fingerprint density at radius 3 is 2.29 bits per heavy atom. The Balaban J connectivity index is 2.30. The van der Waals surface area contributed by atoms with Crippen molar-refractivity contribution in [3.63, 3.8) is 0 Å².